The van der Waals surface area contributed by atoms with Crippen LogP contribution in [0.5, 0.6) is 0 Å². The first-order chi connectivity index (χ1) is 10.2. The predicted octanol–water partition coefficient (Wildman–Crippen LogP) is 3.97. The molecule has 7 heteroatoms. The fraction of sp³-hybridized carbons (Fsp3) is 0. The van der Waals surface area contributed by atoms with Crippen LogP contribution in [0.25, 0.3) is 22.8 Å². The summed E-state index contributed by atoms with van der Waals surface area (Å²) in [6.07, 6.45) is 0. The number of nitro benzene ring substituents is 1. The van der Waals surface area contributed by atoms with Crippen LogP contribution in [-0.2, 0) is 0 Å². The Bertz CT molecular complexity index is 816. The van der Waals surface area contributed by atoms with Gasteiger partial charge in [0.2, 0.25) is 5.82 Å². The lowest BCUT2D eigenvalue weighted by molar-refractivity contribution is -0.384. The van der Waals surface area contributed by atoms with Crippen LogP contribution in [0.4, 0.5) is 5.69 Å². The number of nitrogens with zero attached hydrogens (tertiary/aromatic N) is 3. The molecule has 0 atom stereocenters. The van der Waals surface area contributed by atoms with Gasteiger partial charge in [0.25, 0.3) is 11.6 Å². The summed E-state index contributed by atoms with van der Waals surface area (Å²) in [6, 6.07) is 13.2. The van der Waals surface area contributed by atoms with Gasteiger partial charge in [-0.3, -0.25) is 10.1 Å². The molecule has 3 rings (SSSR count). The second kappa shape index (κ2) is 5.34. The van der Waals surface area contributed by atoms with Crippen molar-refractivity contribution in [3.05, 3.63) is 63.7 Å². The number of nitro groups is 1. The van der Waals surface area contributed by atoms with Crippen molar-refractivity contribution >= 4 is 17.3 Å². The SMILES string of the molecule is O=[N+]([O-])c1ccccc1-c1nc(-c2ccccc2Cl)no1. The average molecular weight is 302 g/mol. The van der Waals surface area contributed by atoms with Crippen LogP contribution in [0.3, 0.4) is 0 Å². The zero-order chi connectivity index (χ0) is 14.8. The topological polar surface area (TPSA) is 82.1 Å². The molecule has 0 saturated carbocycles. The Labute approximate surface area is 124 Å². The van der Waals surface area contributed by atoms with Crippen LogP contribution in [-0.4, -0.2) is 15.1 Å². The summed E-state index contributed by atoms with van der Waals surface area (Å²) >= 11 is 6.07. The van der Waals surface area contributed by atoms with Crippen LogP contribution < -0.4 is 0 Å². The lowest BCUT2D eigenvalue weighted by atomic mass is 10.2. The van der Waals surface area contributed by atoms with Crippen LogP contribution >= 0.6 is 11.6 Å². The van der Waals surface area contributed by atoms with Gasteiger partial charge in [-0.15, -0.1) is 0 Å². The highest BCUT2D eigenvalue weighted by Crippen LogP contribution is 2.31. The van der Waals surface area contributed by atoms with Gasteiger partial charge >= 0.3 is 0 Å². The Morgan fingerprint density at radius 2 is 1.71 bits per heavy atom. The molecule has 0 saturated heterocycles. The number of benzene rings is 2. The Hall–Kier alpha value is -2.73. The minimum atomic E-state index is -0.491. The highest BCUT2D eigenvalue weighted by Gasteiger charge is 2.20. The molecule has 0 N–H and O–H groups in total. The van der Waals surface area contributed by atoms with Crippen LogP contribution in [0.15, 0.2) is 53.1 Å². The Morgan fingerprint density at radius 3 is 2.43 bits per heavy atom. The molecule has 2 aromatic carbocycles. The van der Waals surface area contributed by atoms with Gasteiger partial charge < -0.3 is 4.52 Å². The summed E-state index contributed by atoms with van der Waals surface area (Å²) in [5.74, 6) is 0.367. The highest BCUT2D eigenvalue weighted by atomic mass is 35.5. The van der Waals surface area contributed by atoms with Crippen molar-refractivity contribution in [2.75, 3.05) is 0 Å². The van der Waals surface area contributed by atoms with Gasteiger partial charge in [0, 0.05) is 11.6 Å². The molecule has 0 radical (unpaired) electrons. The zero-order valence-electron chi connectivity index (χ0n) is 10.6. The van der Waals surface area contributed by atoms with E-state index < -0.39 is 4.92 Å². The molecule has 0 amide bonds. The van der Waals surface area contributed by atoms with Gasteiger partial charge in [-0.2, -0.15) is 4.98 Å². The summed E-state index contributed by atoms with van der Waals surface area (Å²) in [5.41, 5.74) is 0.785. The van der Waals surface area contributed by atoms with Crippen molar-refractivity contribution in [2.45, 2.75) is 0 Å². The fourth-order valence-corrected chi connectivity index (χ4v) is 2.12. The van der Waals surface area contributed by atoms with Crippen molar-refractivity contribution in [1.82, 2.24) is 10.1 Å². The Balaban J connectivity index is 2.08. The third kappa shape index (κ3) is 2.48. The van der Waals surface area contributed by atoms with E-state index >= 15 is 0 Å². The summed E-state index contributed by atoms with van der Waals surface area (Å²) in [6.45, 7) is 0. The number of aromatic nitrogens is 2. The molecule has 0 spiro atoms. The van der Waals surface area contributed by atoms with Crippen molar-refractivity contribution in [3.63, 3.8) is 0 Å². The number of para-hydroxylation sites is 1. The van der Waals surface area contributed by atoms with E-state index in [9.17, 15) is 10.1 Å². The lowest BCUT2D eigenvalue weighted by Crippen LogP contribution is -1.91. The summed E-state index contributed by atoms with van der Waals surface area (Å²) in [4.78, 5) is 14.7. The molecule has 21 heavy (non-hydrogen) atoms. The van der Waals surface area contributed by atoms with E-state index in [4.69, 9.17) is 16.1 Å². The molecule has 0 unspecified atom stereocenters. The maximum Gasteiger partial charge on any atom is 0.282 e. The van der Waals surface area contributed by atoms with Gasteiger partial charge in [0.15, 0.2) is 0 Å². The summed E-state index contributed by atoms with van der Waals surface area (Å²) < 4.78 is 5.13. The number of rotatable bonds is 3. The molecule has 0 fully saturated rings. The van der Waals surface area contributed by atoms with E-state index in [1.54, 1.807) is 42.5 Å². The molecule has 3 aromatic rings. The van der Waals surface area contributed by atoms with Crippen molar-refractivity contribution in [3.8, 4) is 22.8 Å². The smallest absolute Gasteiger partial charge is 0.282 e. The number of hydrogen-bond acceptors (Lipinski definition) is 5. The van der Waals surface area contributed by atoms with Gasteiger partial charge in [0.05, 0.1) is 9.95 Å². The van der Waals surface area contributed by atoms with E-state index in [1.165, 1.54) is 6.07 Å². The number of hydrogen-bond donors (Lipinski definition) is 0. The molecule has 0 bridgehead atoms. The normalized spacial score (nSPS) is 10.5. The molecule has 1 aromatic heterocycles. The van der Waals surface area contributed by atoms with E-state index in [-0.39, 0.29) is 23.0 Å². The van der Waals surface area contributed by atoms with E-state index in [0.717, 1.165) is 0 Å². The first-order valence-corrected chi connectivity index (χ1v) is 6.37. The molecule has 104 valence electrons. The molecule has 0 aliphatic carbocycles. The monoisotopic (exact) mass is 301 g/mol. The standard InChI is InChI=1S/C14H8ClN3O3/c15-11-7-3-1-5-9(11)13-16-14(21-17-13)10-6-2-4-8-12(10)18(19)20/h1-8H. The van der Waals surface area contributed by atoms with E-state index in [0.29, 0.717) is 10.6 Å². The molecule has 0 aliphatic heterocycles. The fourth-order valence-electron chi connectivity index (χ4n) is 1.90. The maximum atomic E-state index is 11.0. The van der Waals surface area contributed by atoms with Gasteiger partial charge in [-0.25, -0.2) is 0 Å². The van der Waals surface area contributed by atoms with Crippen LogP contribution in [0, 0.1) is 10.1 Å². The first kappa shape index (κ1) is 13.3. The summed E-state index contributed by atoms with van der Waals surface area (Å²) in [7, 11) is 0. The highest BCUT2D eigenvalue weighted by molar-refractivity contribution is 6.33. The molecule has 0 aliphatic rings. The largest absolute Gasteiger partial charge is 0.333 e. The molecular formula is C14H8ClN3O3. The van der Waals surface area contributed by atoms with E-state index in [1.807, 2.05) is 0 Å². The zero-order valence-corrected chi connectivity index (χ0v) is 11.3. The maximum absolute atomic E-state index is 11.0. The van der Waals surface area contributed by atoms with Gasteiger partial charge in [-0.05, 0) is 18.2 Å². The van der Waals surface area contributed by atoms with Crippen molar-refractivity contribution < 1.29 is 9.45 Å². The molecule has 1 heterocycles. The van der Waals surface area contributed by atoms with Crippen LogP contribution in [0.1, 0.15) is 0 Å². The second-order valence-electron chi connectivity index (χ2n) is 4.18. The second-order valence-corrected chi connectivity index (χ2v) is 4.58. The third-order valence-electron chi connectivity index (χ3n) is 2.87. The first-order valence-electron chi connectivity index (χ1n) is 5.99. The molecule has 6 nitrogen and oxygen atoms in total. The Kier molecular flexibility index (Phi) is 3.37. The minimum absolute atomic E-state index is 0.0808. The van der Waals surface area contributed by atoms with Crippen molar-refractivity contribution in [2.24, 2.45) is 0 Å². The number of halogens is 1. The average Bonchev–Trinajstić information content (AvgIpc) is 2.97. The summed E-state index contributed by atoms with van der Waals surface area (Å²) in [5, 5.41) is 15.3. The predicted molar refractivity (Wildman–Crippen MR) is 76.8 cm³/mol. The molecular weight excluding hydrogens is 294 g/mol. The Morgan fingerprint density at radius 1 is 1.05 bits per heavy atom. The lowest BCUT2D eigenvalue weighted by Gasteiger charge is -1.97. The van der Waals surface area contributed by atoms with Crippen LogP contribution in [0.2, 0.25) is 5.02 Å². The quantitative estimate of drug-likeness (QED) is 0.540. The van der Waals surface area contributed by atoms with Crippen molar-refractivity contribution in [1.29, 1.82) is 0 Å². The third-order valence-corrected chi connectivity index (χ3v) is 3.20. The van der Waals surface area contributed by atoms with E-state index in [2.05, 4.69) is 10.1 Å². The minimum Gasteiger partial charge on any atom is -0.333 e. The van der Waals surface area contributed by atoms with Gasteiger partial charge in [0.1, 0.15) is 5.56 Å². The van der Waals surface area contributed by atoms with Gasteiger partial charge in [-0.1, -0.05) is 41.0 Å².